The normalized spacial score (nSPS) is 15.7. The standard InChI is InChI=1S/C21H21N3O3/c25-19(15-10-11-16-17(12-15)23-21(27)20(26)22-16)24-18(14-8-4-5-9-14)13-6-2-1-3-7-13/h1-3,6-7,10-12,14,18H,4-5,8-9H2,(H,22,26)(H,23,27)(H,24,25)/t18-/m0/s1. The summed E-state index contributed by atoms with van der Waals surface area (Å²) in [5.41, 5.74) is 1.05. The molecule has 0 unspecified atom stereocenters. The molecule has 0 aliphatic heterocycles. The minimum absolute atomic E-state index is 0.0356. The van der Waals surface area contributed by atoms with E-state index in [0.717, 1.165) is 18.4 Å². The Kier molecular flexibility index (Phi) is 4.62. The molecule has 6 heteroatoms. The van der Waals surface area contributed by atoms with Crippen molar-refractivity contribution < 1.29 is 4.79 Å². The van der Waals surface area contributed by atoms with E-state index in [-0.39, 0.29) is 11.9 Å². The molecule has 0 radical (unpaired) electrons. The quantitative estimate of drug-likeness (QED) is 0.622. The fraction of sp³-hybridized carbons (Fsp3) is 0.286. The van der Waals surface area contributed by atoms with Crippen LogP contribution in [0.3, 0.4) is 0 Å². The highest BCUT2D eigenvalue weighted by Gasteiger charge is 2.28. The Balaban J connectivity index is 1.64. The molecule has 1 fully saturated rings. The molecule has 0 saturated heterocycles. The molecule has 6 nitrogen and oxygen atoms in total. The van der Waals surface area contributed by atoms with Gasteiger partial charge in [-0.25, -0.2) is 0 Å². The van der Waals surface area contributed by atoms with Gasteiger partial charge in [0.15, 0.2) is 0 Å². The molecule has 4 rings (SSSR count). The molecule has 1 aliphatic rings. The molecule has 2 aromatic carbocycles. The third-order valence-corrected chi connectivity index (χ3v) is 5.30. The highest BCUT2D eigenvalue weighted by atomic mass is 16.2. The van der Waals surface area contributed by atoms with Gasteiger partial charge < -0.3 is 15.3 Å². The summed E-state index contributed by atoms with van der Waals surface area (Å²) >= 11 is 0. The van der Waals surface area contributed by atoms with Gasteiger partial charge in [0, 0.05) is 5.56 Å². The third-order valence-electron chi connectivity index (χ3n) is 5.30. The Hall–Kier alpha value is -3.15. The number of amides is 1. The van der Waals surface area contributed by atoms with Crippen LogP contribution in [-0.2, 0) is 0 Å². The maximum atomic E-state index is 12.9. The molecule has 138 valence electrons. The van der Waals surface area contributed by atoms with Gasteiger partial charge in [0.05, 0.1) is 17.1 Å². The maximum absolute atomic E-state index is 12.9. The number of hydrogen-bond donors (Lipinski definition) is 3. The first-order valence-electron chi connectivity index (χ1n) is 9.24. The van der Waals surface area contributed by atoms with Gasteiger partial charge >= 0.3 is 11.1 Å². The summed E-state index contributed by atoms with van der Waals surface area (Å²) in [4.78, 5) is 40.9. The average Bonchev–Trinajstić information content (AvgIpc) is 3.21. The molecule has 1 heterocycles. The van der Waals surface area contributed by atoms with E-state index < -0.39 is 11.1 Å². The Bertz CT molecular complexity index is 1080. The Morgan fingerprint density at radius 3 is 2.30 bits per heavy atom. The molecule has 0 spiro atoms. The van der Waals surface area contributed by atoms with Crippen LogP contribution < -0.4 is 16.4 Å². The van der Waals surface area contributed by atoms with Crippen molar-refractivity contribution in [2.75, 3.05) is 0 Å². The van der Waals surface area contributed by atoms with Crippen molar-refractivity contribution >= 4 is 16.9 Å². The van der Waals surface area contributed by atoms with E-state index >= 15 is 0 Å². The number of rotatable bonds is 4. The van der Waals surface area contributed by atoms with Crippen molar-refractivity contribution in [3.8, 4) is 0 Å². The number of hydrogen-bond acceptors (Lipinski definition) is 3. The molecular weight excluding hydrogens is 342 g/mol. The summed E-state index contributed by atoms with van der Waals surface area (Å²) in [6, 6.07) is 14.9. The molecule has 1 amide bonds. The van der Waals surface area contributed by atoms with Crippen LogP contribution in [0.1, 0.15) is 47.6 Å². The van der Waals surface area contributed by atoms with Crippen LogP contribution in [-0.4, -0.2) is 15.9 Å². The van der Waals surface area contributed by atoms with Gasteiger partial charge in [-0.15, -0.1) is 0 Å². The molecule has 27 heavy (non-hydrogen) atoms. The SMILES string of the molecule is O=C(N[C@@H](c1ccccc1)C1CCCC1)c1ccc2[nH]c(=O)c(=O)[nH]c2c1. The molecule has 1 aromatic heterocycles. The van der Waals surface area contributed by atoms with Gasteiger partial charge in [-0.3, -0.25) is 14.4 Å². The van der Waals surface area contributed by atoms with E-state index in [1.54, 1.807) is 18.2 Å². The number of carbonyl (C=O) groups is 1. The van der Waals surface area contributed by atoms with Crippen molar-refractivity contribution in [1.29, 1.82) is 0 Å². The Morgan fingerprint density at radius 1 is 0.926 bits per heavy atom. The monoisotopic (exact) mass is 363 g/mol. The van der Waals surface area contributed by atoms with Gasteiger partial charge in [-0.05, 0) is 42.5 Å². The van der Waals surface area contributed by atoms with E-state index in [2.05, 4.69) is 15.3 Å². The summed E-state index contributed by atoms with van der Waals surface area (Å²) in [5.74, 6) is 0.234. The number of aromatic nitrogens is 2. The van der Waals surface area contributed by atoms with Gasteiger partial charge in [0.2, 0.25) is 0 Å². The van der Waals surface area contributed by atoms with Crippen LogP contribution in [0.4, 0.5) is 0 Å². The van der Waals surface area contributed by atoms with Gasteiger partial charge in [-0.2, -0.15) is 0 Å². The van der Waals surface area contributed by atoms with Crippen molar-refractivity contribution in [3.05, 3.63) is 80.4 Å². The Labute approximate surface area is 155 Å². The van der Waals surface area contributed by atoms with Crippen molar-refractivity contribution in [2.24, 2.45) is 5.92 Å². The van der Waals surface area contributed by atoms with E-state index in [1.807, 2.05) is 30.3 Å². The van der Waals surface area contributed by atoms with Gasteiger partial charge in [0.1, 0.15) is 0 Å². The summed E-state index contributed by atoms with van der Waals surface area (Å²) in [7, 11) is 0. The van der Waals surface area contributed by atoms with Crippen LogP contribution in [0.25, 0.3) is 11.0 Å². The summed E-state index contributed by atoms with van der Waals surface area (Å²) < 4.78 is 0. The average molecular weight is 363 g/mol. The van der Waals surface area contributed by atoms with Crippen molar-refractivity contribution in [3.63, 3.8) is 0 Å². The summed E-state index contributed by atoms with van der Waals surface area (Å²) in [6.07, 6.45) is 4.58. The number of nitrogens with one attached hydrogen (secondary N) is 3. The summed E-state index contributed by atoms with van der Waals surface area (Å²) in [5, 5.41) is 3.18. The smallest absolute Gasteiger partial charge is 0.314 e. The second-order valence-corrected chi connectivity index (χ2v) is 7.07. The van der Waals surface area contributed by atoms with E-state index in [1.165, 1.54) is 12.8 Å². The van der Waals surface area contributed by atoms with Crippen LogP contribution in [0.2, 0.25) is 0 Å². The van der Waals surface area contributed by atoms with Crippen LogP contribution >= 0.6 is 0 Å². The van der Waals surface area contributed by atoms with Crippen molar-refractivity contribution in [1.82, 2.24) is 15.3 Å². The second-order valence-electron chi connectivity index (χ2n) is 7.07. The predicted molar refractivity (Wildman–Crippen MR) is 104 cm³/mol. The van der Waals surface area contributed by atoms with Crippen LogP contribution in [0, 0.1) is 5.92 Å². The largest absolute Gasteiger partial charge is 0.345 e. The zero-order valence-electron chi connectivity index (χ0n) is 14.8. The van der Waals surface area contributed by atoms with Crippen LogP contribution in [0.15, 0.2) is 58.1 Å². The van der Waals surface area contributed by atoms with Gasteiger partial charge in [-0.1, -0.05) is 43.2 Å². The molecule has 1 atom stereocenters. The van der Waals surface area contributed by atoms with Crippen molar-refractivity contribution in [2.45, 2.75) is 31.7 Å². The topological polar surface area (TPSA) is 94.8 Å². The van der Waals surface area contributed by atoms with Crippen LogP contribution in [0.5, 0.6) is 0 Å². The molecule has 1 aliphatic carbocycles. The van der Waals surface area contributed by atoms with Gasteiger partial charge in [0.25, 0.3) is 5.91 Å². The first-order chi connectivity index (χ1) is 13.1. The summed E-state index contributed by atoms with van der Waals surface area (Å²) in [6.45, 7) is 0. The number of benzene rings is 2. The number of aromatic amines is 2. The van der Waals surface area contributed by atoms with E-state index in [0.29, 0.717) is 22.5 Å². The highest BCUT2D eigenvalue weighted by Crippen LogP contribution is 2.35. The zero-order chi connectivity index (χ0) is 18.8. The predicted octanol–water partition coefficient (Wildman–Crippen LogP) is 2.88. The minimum Gasteiger partial charge on any atom is -0.345 e. The first kappa shape index (κ1) is 17.3. The lowest BCUT2D eigenvalue weighted by Gasteiger charge is -2.25. The lowest BCUT2D eigenvalue weighted by atomic mass is 9.91. The Morgan fingerprint density at radius 2 is 1.59 bits per heavy atom. The fourth-order valence-corrected chi connectivity index (χ4v) is 3.91. The fourth-order valence-electron chi connectivity index (χ4n) is 3.91. The third kappa shape index (κ3) is 3.56. The lowest BCUT2D eigenvalue weighted by Crippen LogP contribution is -2.33. The van der Waals surface area contributed by atoms with E-state index in [4.69, 9.17) is 0 Å². The lowest BCUT2D eigenvalue weighted by molar-refractivity contribution is 0.0922. The molecule has 3 N–H and O–H groups in total. The number of H-pyrrole nitrogens is 2. The zero-order valence-corrected chi connectivity index (χ0v) is 14.8. The number of fused-ring (bicyclic) bond motifs is 1. The maximum Gasteiger partial charge on any atom is 0.314 e. The molecule has 3 aromatic rings. The minimum atomic E-state index is -0.729. The molecule has 1 saturated carbocycles. The molecule has 0 bridgehead atoms. The first-order valence-corrected chi connectivity index (χ1v) is 9.24. The van der Waals surface area contributed by atoms with E-state index in [9.17, 15) is 14.4 Å². The highest BCUT2D eigenvalue weighted by molar-refractivity contribution is 5.97. The second kappa shape index (κ2) is 7.23. The molecular formula is C21H21N3O3. The number of carbonyl (C=O) groups excluding carboxylic acids is 1.